The van der Waals surface area contributed by atoms with Crippen LogP contribution < -0.4 is 10.8 Å². The minimum atomic E-state index is -4.75. The summed E-state index contributed by atoms with van der Waals surface area (Å²) in [7, 11) is 0. The molecular formula is C8H5F3N4O2. The number of hydrogen-bond acceptors (Lipinski definition) is 5. The first kappa shape index (κ1) is 11.3. The third-order valence-corrected chi connectivity index (χ3v) is 1.97. The number of alkyl halides is 3. The Bertz CT molecular complexity index is 687. The average molecular weight is 246 g/mol. The third kappa shape index (κ3) is 1.79. The summed E-state index contributed by atoms with van der Waals surface area (Å²) in [6, 6.07) is 0. The lowest BCUT2D eigenvalue weighted by Crippen LogP contribution is -2.33. The highest BCUT2D eigenvalue weighted by molar-refractivity contribution is 5.33. The van der Waals surface area contributed by atoms with Crippen molar-refractivity contribution in [2.45, 2.75) is 13.1 Å². The summed E-state index contributed by atoms with van der Waals surface area (Å²) in [5.41, 5.74) is -0.905. The molecule has 0 amide bonds. The van der Waals surface area contributed by atoms with Gasteiger partial charge in [-0.15, -0.1) is 5.10 Å². The van der Waals surface area contributed by atoms with E-state index in [0.717, 1.165) is 6.20 Å². The fourth-order valence-electron chi connectivity index (χ4n) is 1.18. The third-order valence-electron chi connectivity index (χ3n) is 1.97. The van der Waals surface area contributed by atoms with E-state index in [4.69, 9.17) is 5.11 Å². The predicted molar refractivity (Wildman–Crippen MR) is 49.0 cm³/mol. The van der Waals surface area contributed by atoms with Gasteiger partial charge in [0.25, 0.3) is 17.2 Å². The van der Waals surface area contributed by atoms with Gasteiger partial charge >= 0.3 is 6.18 Å². The molecule has 0 spiro atoms. The van der Waals surface area contributed by atoms with Crippen LogP contribution in [0, 0.1) is 0 Å². The number of fused-ring (bicyclic) bond motifs is 1. The average Bonchev–Trinajstić information content (AvgIpc) is 2.61. The molecule has 0 bridgehead atoms. The van der Waals surface area contributed by atoms with E-state index in [1.807, 2.05) is 0 Å². The molecule has 0 unspecified atom stereocenters. The number of aromatic nitrogens is 4. The van der Waals surface area contributed by atoms with Crippen molar-refractivity contribution in [1.29, 1.82) is 0 Å². The van der Waals surface area contributed by atoms with Crippen LogP contribution >= 0.6 is 0 Å². The van der Waals surface area contributed by atoms with Gasteiger partial charge in [-0.2, -0.15) is 22.7 Å². The molecular weight excluding hydrogens is 241 g/mol. The van der Waals surface area contributed by atoms with Gasteiger partial charge in [0, 0.05) is 6.20 Å². The number of nitrogens with zero attached hydrogens (tertiary/aromatic N) is 4. The maximum atomic E-state index is 12.3. The lowest BCUT2D eigenvalue weighted by Gasteiger charge is -1.96. The van der Waals surface area contributed by atoms with Crippen molar-refractivity contribution in [3.63, 3.8) is 0 Å². The fraction of sp³-hybridized carbons (Fsp3) is 0.250. The van der Waals surface area contributed by atoms with E-state index in [1.165, 1.54) is 6.92 Å². The van der Waals surface area contributed by atoms with Crippen molar-refractivity contribution in [3.8, 4) is 0 Å². The minimum Gasteiger partial charge on any atom is -0.512 e. The Balaban J connectivity index is 2.86. The molecule has 1 N–H and O–H groups in total. The summed E-state index contributed by atoms with van der Waals surface area (Å²) in [4.78, 5) is 18.2. The molecule has 17 heavy (non-hydrogen) atoms. The van der Waals surface area contributed by atoms with Crippen molar-refractivity contribution in [2.75, 3.05) is 0 Å². The Labute approximate surface area is 91.0 Å². The molecule has 6 nitrogen and oxygen atoms in total. The lowest BCUT2D eigenvalue weighted by atomic mass is 10.4. The zero-order chi connectivity index (χ0) is 12.8. The van der Waals surface area contributed by atoms with Crippen molar-refractivity contribution in [3.05, 3.63) is 27.6 Å². The molecule has 2 heterocycles. The molecule has 2 aromatic rings. The highest BCUT2D eigenvalue weighted by atomic mass is 19.4. The van der Waals surface area contributed by atoms with Crippen LogP contribution in [-0.4, -0.2) is 24.7 Å². The van der Waals surface area contributed by atoms with Gasteiger partial charge in [-0.25, -0.2) is 4.98 Å². The van der Waals surface area contributed by atoms with Crippen LogP contribution in [-0.2, 0) is 6.18 Å². The first-order chi connectivity index (χ1) is 7.80. The molecule has 2 rings (SSSR count). The van der Waals surface area contributed by atoms with E-state index in [1.54, 1.807) is 0 Å². The molecule has 0 saturated heterocycles. The molecule has 0 radical (unpaired) electrons. The van der Waals surface area contributed by atoms with Crippen LogP contribution in [0.15, 0.2) is 11.0 Å². The number of halogens is 3. The summed E-state index contributed by atoms with van der Waals surface area (Å²) >= 11 is 0. The van der Waals surface area contributed by atoms with Gasteiger partial charge in [0.15, 0.2) is 0 Å². The molecule has 0 aliphatic carbocycles. The topological polar surface area (TPSA) is 80.4 Å². The van der Waals surface area contributed by atoms with Gasteiger partial charge in [0.05, 0.1) is 5.22 Å². The zero-order valence-corrected chi connectivity index (χ0v) is 8.36. The molecule has 0 fully saturated rings. The van der Waals surface area contributed by atoms with Crippen LogP contribution in [0.4, 0.5) is 13.2 Å². The van der Waals surface area contributed by atoms with E-state index in [9.17, 15) is 18.0 Å². The van der Waals surface area contributed by atoms with Gasteiger partial charge in [-0.1, -0.05) is 0 Å². The molecule has 0 aromatic carbocycles. The number of aliphatic hydroxyl groups is 1. The Morgan fingerprint density at radius 3 is 2.65 bits per heavy atom. The van der Waals surface area contributed by atoms with Crippen LogP contribution in [0.5, 0.6) is 0 Å². The second-order valence-electron chi connectivity index (χ2n) is 3.21. The smallest absolute Gasteiger partial charge is 0.453 e. The van der Waals surface area contributed by atoms with E-state index in [0.29, 0.717) is 4.52 Å². The highest BCUT2D eigenvalue weighted by Crippen LogP contribution is 2.25. The summed E-state index contributed by atoms with van der Waals surface area (Å²) in [6.45, 7) is 1.21. The van der Waals surface area contributed by atoms with Crippen LogP contribution in [0.2, 0.25) is 0 Å². The highest BCUT2D eigenvalue weighted by Gasteiger charge is 2.36. The monoisotopic (exact) mass is 246 g/mol. The number of aliphatic hydroxyl groups excluding tert-OH is 1. The minimum absolute atomic E-state index is 0.226. The second kappa shape index (κ2) is 3.40. The maximum Gasteiger partial charge on any atom is 0.453 e. The standard InChI is InChI=1S/C8H5F3N4O2/c1-3(16)4-2-12-7-13-6(8(9,10)11)14-15(7)5(4)17/h2,16H,1H3/b4-3-. The van der Waals surface area contributed by atoms with E-state index >= 15 is 0 Å². The lowest BCUT2D eigenvalue weighted by molar-refractivity contribution is -0.144. The molecule has 90 valence electrons. The summed E-state index contributed by atoms with van der Waals surface area (Å²) < 4.78 is 37.3. The molecule has 0 atom stereocenters. The molecule has 9 heteroatoms. The Morgan fingerprint density at radius 2 is 2.12 bits per heavy atom. The Kier molecular flexibility index (Phi) is 2.26. The molecule has 0 aliphatic rings. The normalized spacial score (nSPS) is 14.1. The van der Waals surface area contributed by atoms with E-state index in [-0.39, 0.29) is 11.0 Å². The van der Waals surface area contributed by atoms with Gasteiger partial charge in [0.2, 0.25) is 0 Å². The number of hydrogen-bond donors (Lipinski definition) is 1. The van der Waals surface area contributed by atoms with Crippen molar-refractivity contribution in [2.24, 2.45) is 0 Å². The second-order valence-corrected chi connectivity index (χ2v) is 3.21. The number of rotatable bonds is 0. The zero-order valence-electron chi connectivity index (χ0n) is 8.36. The van der Waals surface area contributed by atoms with Crippen molar-refractivity contribution < 1.29 is 18.3 Å². The Morgan fingerprint density at radius 1 is 1.47 bits per heavy atom. The fourth-order valence-corrected chi connectivity index (χ4v) is 1.18. The van der Waals surface area contributed by atoms with Crippen molar-refractivity contribution >= 4 is 11.5 Å². The van der Waals surface area contributed by atoms with Crippen LogP contribution in [0.3, 0.4) is 0 Å². The van der Waals surface area contributed by atoms with Gasteiger partial charge in [-0.3, -0.25) is 4.79 Å². The quantitative estimate of drug-likeness (QED) is 0.702. The summed E-state index contributed by atoms with van der Waals surface area (Å²) in [6.07, 6.45) is -3.81. The van der Waals surface area contributed by atoms with Gasteiger partial charge in [-0.05, 0) is 6.92 Å². The summed E-state index contributed by atoms with van der Waals surface area (Å²) in [5, 5.41) is 11.9. The predicted octanol–water partition coefficient (Wildman–Crippen LogP) is -0.0917. The van der Waals surface area contributed by atoms with Gasteiger partial charge < -0.3 is 5.11 Å². The first-order valence-corrected chi connectivity index (χ1v) is 4.33. The Hall–Kier alpha value is -2.19. The van der Waals surface area contributed by atoms with E-state index < -0.39 is 23.3 Å². The van der Waals surface area contributed by atoms with Crippen LogP contribution in [0.1, 0.15) is 12.7 Å². The molecule has 2 aromatic heterocycles. The van der Waals surface area contributed by atoms with Crippen LogP contribution in [0.25, 0.3) is 11.5 Å². The van der Waals surface area contributed by atoms with E-state index in [2.05, 4.69) is 15.1 Å². The first-order valence-electron chi connectivity index (χ1n) is 4.33. The van der Waals surface area contributed by atoms with Gasteiger partial charge in [0.1, 0.15) is 5.76 Å². The summed E-state index contributed by atoms with van der Waals surface area (Å²) in [5.74, 6) is -2.27. The SMILES string of the molecule is C/C(O)=c1\cnc2nc(C(F)(F)F)nn2c1=O. The molecule has 0 aliphatic heterocycles. The largest absolute Gasteiger partial charge is 0.512 e. The maximum absolute atomic E-state index is 12.3. The van der Waals surface area contributed by atoms with Crippen molar-refractivity contribution in [1.82, 2.24) is 19.6 Å². The molecule has 0 saturated carbocycles.